The van der Waals surface area contributed by atoms with Crippen LogP contribution in [0.3, 0.4) is 0 Å². The second-order valence-corrected chi connectivity index (χ2v) is 6.99. The van der Waals surface area contributed by atoms with Crippen molar-refractivity contribution in [2.75, 3.05) is 5.75 Å². The largest absolute Gasteiger partial charge is 0.336 e. The molecule has 2 rings (SSSR count). The summed E-state index contributed by atoms with van der Waals surface area (Å²) < 4.78 is 15.1. The number of halogens is 1. The van der Waals surface area contributed by atoms with Gasteiger partial charge in [0, 0.05) is 24.2 Å². The fraction of sp³-hybridized carbons (Fsp3) is 0.421. The minimum Gasteiger partial charge on any atom is -0.336 e. The third-order valence-corrected chi connectivity index (χ3v) is 4.91. The van der Waals surface area contributed by atoms with Crippen LogP contribution in [-0.4, -0.2) is 20.6 Å². The summed E-state index contributed by atoms with van der Waals surface area (Å²) in [6, 6.07) is 6.63. The zero-order valence-corrected chi connectivity index (χ0v) is 14.5. The highest BCUT2D eigenvalue weighted by molar-refractivity contribution is 8.00. The fourth-order valence-corrected chi connectivity index (χ4v) is 3.47. The van der Waals surface area contributed by atoms with Crippen molar-refractivity contribution in [2.45, 2.75) is 44.4 Å². The van der Waals surface area contributed by atoms with Gasteiger partial charge in [-0.05, 0) is 29.9 Å². The Morgan fingerprint density at radius 3 is 2.74 bits per heavy atom. The Morgan fingerprint density at radius 1 is 1.22 bits per heavy atom. The smallest absolute Gasteiger partial charge is 0.123 e. The van der Waals surface area contributed by atoms with Crippen LogP contribution in [0.25, 0.3) is 6.08 Å². The Balaban J connectivity index is 1.90. The Labute approximate surface area is 142 Å². The third-order valence-electron chi connectivity index (χ3n) is 3.65. The molecule has 1 aromatic carbocycles. The van der Waals surface area contributed by atoms with Crippen molar-refractivity contribution in [1.82, 2.24) is 9.55 Å². The van der Waals surface area contributed by atoms with E-state index in [-0.39, 0.29) is 5.82 Å². The first-order valence-electron chi connectivity index (χ1n) is 8.29. The van der Waals surface area contributed by atoms with Crippen molar-refractivity contribution >= 4 is 17.8 Å². The van der Waals surface area contributed by atoms with E-state index in [1.54, 1.807) is 0 Å². The first-order valence-corrected chi connectivity index (χ1v) is 9.34. The second-order valence-electron chi connectivity index (χ2n) is 5.64. The maximum atomic E-state index is 13.0. The van der Waals surface area contributed by atoms with E-state index >= 15 is 0 Å². The van der Waals surface area contributed by atoms with Crippen LogP contribution in [0.15, 0.2) is 49.1 Å². The van der Waals surface area contributed by atoms with Crippen LogP contribution in [0.1, 0.15) is 38.2 Å². The monoisotopic (exact) mass is 332 g/mol. The lowest BCUT2D eigenvalue weighted by Crippen LogP contribution is -2.10. The Hall–Kier alpha value is -1.55. The van der Waals surface area contributed by atoms with Crippen LogP contribution < -0.4 is 0 Å². The third kappa shape index (κ3) is 7.04. The summed E-state index contributed by atoms with van der Waals surface area (Å²) in [5.41, 5.74) is 1.04. The van der Waals surface area contributed by atoms with Gasteiger partial charge in [-0.2, -0.15) is 11.8 Å². The van der Waals surface area contributed by atoms with Crippen molar-refractivity contribution in [1.29, 1.82) is 0 Å². The lowest BCUT2D eigenvalue weighted by molar-refractivity contribution is 0.628. The fourth-order valence-electron chi connectivity index (χ4n) is 2.33. The molecule has 0 amide bonds. The molecule has 2 nitrogen and oxygen atoms in total. The van der Waals surface area contributed by atoms with E-state index in [2.05, 4.69) is 28.6 Å². The van der Waals surface area contributed by atoms with Gasteiger partial charge in [0.2, 0.25) is 0 Å². The average Bonchev–Trinajstić information content (AvgIpc) is 3.06. The van der Waals surface area contributed by atoms with Crippen LogP contribution in [0.4, 0.5) is 4.39 Å². The lowest BCUT2D eigenvalue weighted by Gasteiger charge is -2.13. The topological polar surface area (TPSA) is 17.8 Å². The maximum Gasteiger partial charge on any atom is 0.123 e. The molecule has 0 radical (unpaired) electrons. The number of unbranched alkanes of at least 4 members (excludes halogenated alkanes) is 3. The van der Waals surface area contributed by atoms with Crippen molar-refractivity contribution in [2.24, 2.45) is 0 Å². The molecular formula is C19H25FN2S. The van der Waals surface area contributed by atoms with Crippen molar-refractivity contribution in [3.8, 4) is 0 Å². The highest BCUT2D eigenvalue weighted by atomic mass is 32.2. The van der Waals surface area contributed by atoms with E-state index in [9.17, 15) is 4.39 Å². The molecule has 2 aromatic rings. The molecule has 1 unspecified atom stereocenters. The van der Waals surface area contributed by atoms with Crippen molar-refractivity contribution in [3.63, 3.8) is 0 Å². The normalized spacial score (nSPS) is 12.8. The van der Waals surface area contributed by atoms with Gasteiger partial charge < -0.3 is 4.57 Å². The van der Waals surface area contributed by atoms with Crippen molar-refractivity contribution < 1.29 is 4.39 Å². The summed E-state index contributed by atoms with van der Waals surface area (Å²) in [7, 11) is 0. The van der Waals surface area contributed by atoms with E-state index in [0.717, 1.165) is 12.1 Å². The molecule has 0 aliphatic carbocycles. The van der Waals surface area contributed by atoms with Gasteiger partial charge in [0.15, 0.2) is 0 Å². The first-order chi connectivity index (χ1) is 11.3. The maximum absolute atomic E-state index is 13.0. The molecule has 0 saturated carbocycles. The van der Waals surface area contributed by atoms with Gasteiger partial charge >= 0.3 is 0 Å². The first kappa shape index (κ1) is 17.8. The summed E-state index contributed by atoms with van der Waals surface area (Å²) in [5.74, 6) is 0.982. The van der Waals surface area contributed by atoms with E-state index in [0.29, 0.717) is 5.25 Å². The second kappa shape index (κ2) is 10.3. The summed E-state index contributed by atoms with van der Waals surface area (Å²) in [6.45, 7) is 3.15. The van der Waals surface area contributed by atoms with E-state index in [1.165, 1.54) is 43.6 Å². The van der Waals surface area contributed by atoms with Crippen LogP contribution in [0.5, 0.6) is 0 Å². The van der Waals surface area contributed by atoms with E-state index in [4.69, 9.17) is 0 Å². The predicted molar refractivity (Wildman–Crippen MR) is 98.0 cm³/mol. The number of rotatable bonds is 10. The molecule has 124 valence electrons. The Morgan fingerprint density at radius 2 is 2.04 bits per heavy atom. The summed E-state index contributed by atoms with van der Waals surface area (Å²) >= 11 is 1.98. The number of benzene rings is 1. The van der Waals surface area contributed by atoms with Gasteiger partial charge in [-0.25, -0.2) is 9.37 Å². The quantitative estimate of drug-likeness (QED) is 0.541. The average molecular weight is 332 g/mol. The molecule has 1 aromatic heterocycles. The van der Waals surface area contributed by atoms with Gasteiger partial charge in [0.25, 0.3) is 0 Å². The number of imidazole rings is 1. The molecular weight excluding hydrogens is 307 g/mol. The summed E-state index contributed by atoms with van der Waals surface area (Å²) in [4.78, 5) is 4.11. The van der Waals surface area contributed by atoms with Crippen molar-refractivity contribution in [3.05, 3.63) is 60.4 Å². The van der Waals surface area contributed by atoms with E-state index in [1.807, 2.05) is 42.6 Å². The number of nitrogens with zero attached hydrogens (tertiary/aromatic N) is 2. The molecule has 4 heteroatoms. The zero-order valence-electron chi connectivity index (χ0n) is 13.7. The standard InChI is InChI=1S/C19H25FN2S/c1-2-3-4-5-14-23-19(15-22-13-12-21-16-22)11-8-17-6-9-18(20)10-7-17/h6-13,16,19H,2-5,14-15H2,1H3. The molecule has 0 aliphatic rings. The highest BCUT2D eigenvalue weighted by Crippen LogP contribution is 2.19. The van der Waals surface area contributed by atoms with Crippen LogP contribution in [0.2, 0.25) is 0 Å². The molecule has 1 atom stereocenters. The summed E-state index contributed by atoms with van der Waals surface area (Å²) in [6.07, 6.45) is 15.1. The Bertz CT molecular complexity index is 564. The molecule has 23 heavy (non-hydrogen) atoms. The number of aromatic nitrogens is 2. The van der Waals surface area contributed by atoms with Crippen LogP contribution in [0, 0.1) is 5.82 Å². The summed E-state index contributed by atoms with van der Waals surface area (Å²) in [5, 5.41) is 0.399. The minimum atomic E-state index is -0.192. The molecule has 0 saturated heterocycles. The lowest BCUT2D eigenvalue weighted by atomic mass is 10.2. The zero-order chi connectivity index (χ0) is 16.3. The Kier molecular flexibility index (Phi) is 7.95. The highest BCUT2D eigenvalue weighted by Gasteiger charge is 2.06. The van der Waals surface area contributed by atoms with Crippen LogP contribution in [-0.2, 0) is 6.54 Å². The van der Waals surface area contributed by atoms with Gasteiger partial charge in [-0.1, -0.05) is 50.5 Å². The molecule has 0 aliphatic heterocycles. The molecule has 0 spiro atoms. The molecule has 1 heterocycles. The SMILES string of the molecule is CCCCCCSC(C=Cc1ccc(F)cc1)Cn1ccnc1. The van der Waals surface area contributed by atoms with Crippen LogP contribution >= 0.6 is 11.8 Å². The molecule has 0 bridgehead atoms. The van der Waals surface area contributed by atoms with Gasteiger partial charge in [-0.3, -0.25) is 0 Å². The number of hydrogen-bond acceptors (Lipinski definition) is 2. The predicted octanol–water partition coefficient (Wildman–Crippen LogP) is 5.42. The van der Waals surface area contributed by atoms with E-state index < -0.39 is 0 Å². The van der Waals surface area contributed by atoms with Gasteiger partial charge in [-0.15, -0.1) is 0 Å². The molecule has 0 fully saturated rings. The number of thioether (sulfide) groups is 1. The minimum absolute atomic E-state index is 0.192. The molecule has 0 N–H and O–H groups in total. The van der Waals surface area contributed by atoms with Gasteiger partial charge in [0.05, 0.1) is 6.33 Å². The number of hydrogen-bond donors (Lipinski definition) is 0. The van der Waals surface area contributed by atoms with Gasteiger partial charge in [0.1, 0.15) is 5.82 Å².